The molecule has 0 radical (unpaired) electrons. The highest BCUT2D eigenvalue weighted by atomic mass is 19.1. The van der Waals surface area contributed by atoms with Crippen molar-refractivity contribution in [3.63, 3.8) is 0 Å². The van der Waals surface area contributed by atoms with Crippen LogP contribution in [0.3, 0.4) is 0 Å². The predicted octanol–water partition coefficient (Wildman–Crippen LogP) is 1.50. The van der Waals surface area contributed by atoms with Crippen molar-refractivity contribution >= 4 is 17.6 Å². The summed E-state index contributed by atoms with van der Waals surface area (Å²) in [5.74, 6) is -2.61. The molecule has 92 valence electrons. The van der Waals surface area contributed by atoms with Crippen molar-refractivity contribution in [3.8, 4) is 0 Å². The Bertz CT molecular complexity index is 596. The van der Waals surface area contributed by atoms with Crippen molar-refractivity contribution in [3.05, 3.63) is 47.8 Å². The Hall–Kier alpha value is -2.70. The van der Waals surface area contributed by atoms with Gasteiger partial charge in [-0.05, 0) is 18.2 Å². The standard InChI is InChI=1S/C11H8FN3O3/c12-7-3-6(11(17)18)1-2-8(7)15-10(16)9-4-13-5-14-9/h1-5H,(H,13,14)(H,15,16)(H,17,18). The Labute approximate surface area is 100 Å². The molecule has 0 saturated carbocycles. The van der Waals surface area contributed by atoms with Crippen LogP contribution in [0.15, 0.2) is 30.7 Å². The summed E-state index contributed by atoms with van der Waals surface area (Å²) in [5, 5.41) is 11.0. The average molecular weight is 249 g/mol. The van der Waals surface area contributed by atoms with E-state index >= 15 is 0 Å². The third-order valence-corrected chi connectivity index (χ3v) is 2.21. The molecule has 0 atom stereocenters. The second-order valence-electron chi connectivity index (χ2n) is 3.42. The van der Waals surface area contributed by atoms with Crippen LogP contribution in [0.2, 0.25) is 0 Å². The average Bonchev–Trinajstić information content (AvgIpc) is 2.85. The Balaban J connectivity index is 2.20. The van der Waals surface area contributed by atoms with Gasteiger partial charge in [0.05, 0.1) is 23.8 Å². The fourth-order valence-corrected chi connectivity index (χ4v) is 1.32. The summed E-state index contributed by atoms with van der Waals surface area (Å²) in [4.78, 5) is 28.4. The van der Waals surface area contributed by atoms with E-state index in [9.17, 15) is 14.0 Å². The number of aromatic amines is 1. The number of nitrogens with one attached hydrogen (secondary N) is 2. The molecule has 0 spiro atoms. The van der Waals surface area contributed by atoms with Crippen LogP contribution in [-0.2, 0) is 0 Å². The highest BCUT2D eigenvalue weighted by molar-refractivity contribution is 6.03. The van der Waals surface area contributed by atoms with Crippen molar-refractivity contribution in [2.24, 2.45) is 0 Å². The zero-order chi connectivity index (χ0) is 13.1. The number of carboxylic acids is 1. The number of rotatable bonds is 3. The fraction of sp³-hybridized carbons (Fsp3) is 0. The van der Waals surface area contributed by atoms with Crippen molar-refractivity contribution < 1.29 is 19.1 Å². The topological polar surface area (TPSA) is 95.1 Å². The van der Waals surface area contributed by atoms with E-state index in [1.54, 1.807) is 0 Å². The number of aromatic carboxylic acids is 1. The van der Waals surface area contributed by atoms with Gasteiger partial charge in [-0.25, -0.2) is 14.2 Å². The zero-order valence-corrected chi connectivity index (χ0v) is 8.98. The Morgan fingerprint density at radius 3 is 2.72 bits per heavy atom. The number of H-pyrrole nitrogens is 1. The number of nitrogens with zero attached hydrogens (tertiary/aromatic N) is 1. The van der Waals surface area contributed by atoms with Crippen molar-refractivity contribution in [1.29, 1.82) is 0 Å². The van der Waals surface area contributed by atoms with Crippen LogP contribution in [0.1, 0.15) is 20.8 Å². The van der Waals surface area contributed by atoms with Crippen molar-refractivity contribution in [1.82, 2.24) is 9.97 Å². The summed E-state index contributed by atoms with van der Waals surface area (Å²) in [6, 6.07) is 3.23. The molecule has 0 fully saturated rings. The number of halogens is 1. The van der Waals surface area contributed by atoms with Gasteiger partial charge < -0.3 is 15.4 Å². The molecule has 1 aromatic carbocycles. The number of carbonyl (C=O) groups is 2. The Kier molecular flexibility index (Phi) is 3.05. The maximum absolute atomic E-state index is 13.5. The Morgan fingerprint density at radius 2 is 2.17 bits per heavy atom. The van der Waals surface area contributed by atoms with E-state index in [0.29, 0.717) is 0 Å². The van der Waals surface area contributed by atoms with Crippen LogP contribution < -0.4 is 5.32 Å². The van der Waals surface area contributed by atoms with Gasteiger partial charge >= 0.3 is 5.97 Å². The third-order valence-electron chi connectivity index (χ3n) is 2.21. The smallest absolute Gasteiger partial charge is 0.335 e. The number of carbonyl (C=O) groups excluding carboxylic acids is 1. The molecule has 0 unspecified atom stereocenters. The summed E-state index contributed by atoms with van der Waals surface area (Å²) in [7, 11) is 0. The molecule has 0 aliphatic heterocycles. The molecule has 0 aliphatic rings. The zero-order valence-electron chi connectivity index (χ0n) is 8.98. The fourth-order valence-electron chi connectivity index (χ4n) is 1.32. The molecule has 1 heterocycles. The van der Waals surface area contributed by atoms with Gasteiger partial charge in [-0.1, -0.05) is 0 Å². The first-order valence-corrected chi connectivity index (χ1v) is 4.90. The number of hydrogen-bond acceptors (Lipinski definition) is 3. The number of hydrogen-bond donors (Lipinski definition) is 3. The second-order valence-corrected chi connectivity index (χ2v) is 3.42. The molecular weight excluding hydrogens is 241 g/mol. The third kappa shape index (κ3) is 2.34. The van der Waals surface area contributed by atoms with Crippen LogP contribution in [0.25, 0.3) is 0 Å². The highest BCUT2D eigenvalue weighted by Gasteiger charge is 2.12. The van der Waals surface area contributed by atoms with Crippen LogP contribution >= 0.6 is 0 Å². The Morgan fingerprint density at radius 1 is 1.39 bits per heavy atom. The van der Waals surface area contributed by atoms with Gasteiger partial charge in [0, 0.05) is 0 Å². The lowest BCUT2D eigenvalue weighted by atomic mass is 10.2. The molecule has 0 aliphatic carbocycles. The van der Waals surface area contributed by atoms with Crippen molar-refractivity contribution in [2.45, 2.75) is 0 Å². The molecule has 3 N–H and O–H groups in total. The number of benzene rings is 1. The van der Waals surface area contributed by atoms with Crippen LogP contribution in [0.5, 0.6) is 0 Å². The first-order chi connectivity index (χ1) is 8.58. The summed E-state index contributed by atoms with van der Waals surface area (Å²) in [6.45, 7) is 0. The normalized spacial score (nSPS) is 10.1. The molecule has 1 amide bonds. The van der Waals surface area contributed by atoms with E-state index in [4.69, 9.17) is 5.11 Å². The van der Waals surface area contributed by atoms with E-state index < -0.39 is 17.7 Å². The van der Waals surface area contributed by atoms with Gasteiger partial charge in [0.2, 0.25) is 0 Å². The van der Waals surface area contributed by atoms with E-state index in [1.807, 2.05) is 0 Å². The lowest BCUT2D eigenvalue weighted by molar-refractivity contribution is 0.0696. The molecule has 18 heavy (non-hydrogen) atoms. The van der Waals surface area contributed by atoms with Gasteiger partial charge in [-0.2, -0.15) is 0 Å². The molecule has 6 nitrogen and oxygen atoms in total. The van der Waals surface area contributed by atoms with Gasteiger partial charge in [0.15, 0.2) is 0 Å². The van der Waals surface area contributed by atoms with E-state index in [-0.39, 0.29) is 16.9 Å². The number of imidazole rings is 1. The van der Waals surface area contributed by atoms with Crippen LogP contribution in [0.4, 0.5) is 10.1 Å². The molecule has 0 saturated heterocycles. The number of aromatic nitrogens is 2. The lowest BCUT2D eigenvalue weighted by Gasteiger charge is -2.05. The minimum absolute atomic E-state index is 0.0976. The molecule has 7 heteroatoms. The van der Waals surface area contributed by atoms with Gasteiger partial charge in [0.1, 0.15) is 11.5 Å². The first-order valence-electron chi connectivity index (χ1n) is 4.90. The summed E-state index contributed by atoms with van der Waals surface area (Å²) < 4.78 is 13.5. The molecule has 2 rings (SSSR count). The molecule has 0 bridgehead atoms. The second kappa shape index (κ2) is 4.66. The summed E-state index contributed by atoms with van der Waals surface area (Å²) in [6.07, 6.45) is 2.61. The lowest BCUT2D eigenvalue weighted by Crippen LogP contribution is -2.13. The minimum atomic E-state index is -1.24. The van der Waals surface area contributed by atoms with E-state index in [1.165, 1.54) is 24.7 Å². The quantitative estimate of drug-likeness (QED) is 0.768. The van der Waals surface area contributed by atoms with Gasteiger partial charge in [-0.15, -0.1) is 0 Å². The predicted molar refractivity (Wildman–Crippen MR) is 59.9 cm³/mol. The van der Waals surface area contributed by atoms with Gasteiger partial charge in [-0.3, -0.25) is 4.79 Å². The maximum Gasteiger partial charge on any atom is 0.335 e. The SMILES string of the molecule is O=C(O)c1ccc(NC(=O)c2cnc[nH]2)c(F)c1. The molecular formula is C11H8FN3O3. The summed E-state index contributed by atoms with van der Waals surface area (Å²) in [5.41, 5.74) is -0.108. The van der Waals surface area contributed by atoms with E-state index in [2.05, 4.69) is 15.3 Å². The van der Waals surface area contributed by atoms with Crippen LogP contribution in [-0.4, -0.2) is 27.0 Å². The monoisotopic (exact) mass is 249 g/mol. The van der Waals surface area contributed by atoms with E-state index in [0.717, 1.165) is 6.07 Å². The van der Waals surface area contributed by atoms with Crippen LogP contribution in [0, 0.1) is 5.82 Å². The van der Waals surface area contributed by atoms with Gasteiger partial charge in [0.25, 0.3) is 5.91 Å². The summed E-state index contributed by atoms with van der Waals surface area (Å²) >= 11 is 0. The number of amides is 1. The number of carboxylic acid groups (broad SMARTS) is 1. The maximum atomic E-state index is 13.5. The number of anilines is 1. The molecule has 2 aromatic rings. The highest BCUT2D eigenvalue weighted by Crippen LogP contribution is 2.16. The molecule has 1 aromatic heterocycles. The minimum Gasteiger partial charge on any atom is -0.478 e. The van der Waals surface area contributed by atoms with Crippen molar-refractivity contribution in [2.75, 3.05) is 5.32 Å². The largest absolute Gasteiger partial charge is 0.478 e. The first kappa shape index (κ1) is 11.8.